The highest BCUT2D eigenvalue weighted by Gasteiger charge is 2.53. The molecule has 0 amide bonds. The molecule has 0 N–H and O–H groups in total. The minimum atomic E-state index is 0.106. The van der Waals surface area contributed by atoms with Crippen LogP contribution in [0.2, 0.25) is 0 Å². The van der Waals surface area contributed by atoms with Crippen molar-refractivity contribution in [1.82, 2.24) is 0 Å². The molecule has 0 saturated heterocycles. The van der Waals surface area contributed by atoms with Crippen LogP contribution >= 0.6 is 0 Å². The zero-order chi connectivity index (χ0) is 35.5. The number of para-hydroxylation sites is 1. The first-order valence-electron chi connectivity index (χ1n) is 19.3. The Morgan fingerprint density at radius 1 is 0.566 bits per heavy atom. The Kier molecular flexibility index (Phi) is 7.61. The molecule has 53 heavy (non-hydrogen) atoms. The molecule has 2 aliphatic carbocycles. The van der Waals surface area contributed by atoms with Gasteiger partial charge >= 0.3 is 0 Å². The van der Waals surface area contributed by atoms with Crippen LogP contribution in [0.15, 0.2) is 168 Å². The van der Waals surface area contributed by atoms with Gasteiger partial charge in [-0.15, -0.1) is 0 Å². The van der Waals surface area contributed by atoms with Crippen LogP contribution in [-0.2, 0) is 5.41 Å². The normalized spacial score (nSPS) is 18.8. The maximum absolute atomic E-state index is 6.38. The van der Waals surface area contributed by atoms with Crippen molar-refractivity contribution in [2.45, 2.75) is 44.9 Å². The molecule has 3 unspecified atom stereocenters. The van der Waals surface area contributed by atoms with E-state index in [-0.39, 0.29) is 5.41 Å². The fraction of sp³-hybridized carbons (Fsp3) is 0.176. The van der Waals surface area contributed by atoms with E-state index in [0.717, 1.165) is 44.9 Å². The molecule has 2 heteroatoms. The standard InChI is InChI=1S/C51H43NO/c1-3-12-38-31-34(2)33-51(38)46-18-9-7-16-45(46)50-42(17-11-19-47(50)51)37-23-27-40(28-24-37)52(39-25-21-36(22-26-39)35-13-5-4-6-14-35)41-29-30-44-43-15-8-10-20-48(43)53-49(44)32-41/h4-11,13-30,32,34,38H,3,12,31,33H2,1-2H3. The van der Waals surface area contributed by atoms with Crippen molar-refractivity contribution < 1.29 is 4.42 Å². The molecule has 1 heterocycles. The molecular formula is C51H43NO. The molecule has 10 rings (SSSR count). The first kappa shape index (κ1) is 31.8. The van der Waals surface area contributed by atoms with Gasteiger partial charge in [0.2, 0.25) is 0 Å². The number of benzene rings is 7. The van der Waals surface area contributed by atoms with Crippen molar-refractivity contribution >= 4 is 39.0 Å². The second-order valence-corrected chi connectivity index (χ2v) is 15.3. The molecule has 2 aliphatic rings. The van der Waals surface area contributed by atoms with Crippen LogP contribution in [0.4, 0.5) is 17.1 Å². The van der Waals surface area contributed by atoms with Gasteiger partial charge in [0.05, 0.1) is 0 Å². The molecule has 1 fully saturated rings. The van der Waals surface area contributed by atoms with Crippen LogP contribution in [-0.4, -0.2) is 0 Å². The SMILES string of the molecule is CCCC1CC(C)CC12c1ccccc1-c1c(-c3ccc(N(c4ccc(-c5ccccc5)cc4)c4ccc5c(c4)oc4ccccc45)cc3)cccc12. The van der Waals surface area contributed by atoms with Crippen molar-refractivity contribution in [1.29, 1.82) is 0 Å². The summed E-state index contributed by atoms with van der Waals surface area (Å²) >= 11 is 0. The third-order valence-corrected chi connectivity index (χ3v) is 12.2. The number of fused-ring (bicyclic) bond motifs is 8. The van der Waals surface area contributed by atoms with Crippen LogP contribution in [0, 0.1) is 11.8 Å². The first-order chi connectivity index (χ1) is 26.1. The Labute approximate surface area is 312 Å². The average Bonchev–Trinajstić information content (AvgIpc) is 3.85. The van der Waals surface area contributed by atoms with Crippen LogP contribution in [0.25, 0.3) is 55.3 Å². The van der Waals surface area contributed by atoms with Gasteiger partial charge in [-0.3, -0.25) is 0 Å². The molecular weight excluding hydrogens is 643 g/mol. The third-order valence-electron chi connectivity index (χ3n) is 12.2. The van der Waals surface area contributed by atoms with Crippen LogP contribution in [0.1, 0.15) is 50.7 Å². The second-order valence-electron chi connectivity index (χ2n) is 15.3. The fourth-order valence-electron chi connectivity index (χ4n) is 10.1. The monoisotopic (exact) mass is 685 g/mol. The summed E-state index contributed by atoms with van der Waals surface area (Å²) in [5.41, 5.74) is 16.1. The highest BCUT2D eigenvalue weighted by atomic mass is 16.3. The highest BCUT2D eigenvalue weighted by Crippen LogP contribution is 2.63. The summed E-state index contributed by atoms with van der Waals surface area (Å²) in [6.07, 6.45) is 5.05. The molecule has 1 saturated carbocycles. The van der Waals surface area contributed by atoms with Crippen LogP contribution in [0.3, 0.4) is 0 Å². The summed E-state index contributed by atoms with van der Waals surface area (Å²) in [4.78, 5) is 2.35. The number of furan rings is 1. The summed E-state index contributed by atoms with van der Waals surface area (Å²) in [5.74, 6) is 1.40. The lowest BCUT2D eigenvalue weighted by Gasteiger charge is -2.34. The lowest BCUT2D eigenvalue weighted by atomic mass is 9.68. The molecule has 1 aromatic heterocycles. The Morgan fingerprint density at radius 3 is 1.98 bits per heavy atom. The Morgan fingerprint density at radius 2 is 1.19 bits per heavy atom. The second kappa shape index (κ2) is 12.7. The van der Waals surface area contributed by atoms with E-state index in [4.69, 9.17) is 4.42 Å². The third kappa shape index (κ3) is 5.07. The summed E-state index contributed by atoms with van der Waals surface area (Å²) in [6, 6.07) is 60.0. The number of anilines is 3. The Bertz CT molecular complexity index is 2600. The maximum atomic E-state index is 6.38. The Balaban J connectivity index is 1.09. The van der Waals surface area contributed by atoms with Gasteiger partial charge in [0.15, 0.2) is 0 Å². The van der Waals surface area contributed by atoms with Gasteiger partial charge in [0.25, 0.3) is 0 Å². The van der Waals surface area contributed by atoms with Gasteiger partial charge in [-0.05, 0) is 118 Å². The smallest absolute Gasteiger partial charge is 0.137 e. The van der Waals surface area contributed by atoms with Crippen molar-refractivity contribution in [2.24, 2.45) is 11.8 Å². The van der Waals surface area contributed by atoms with Crippen LogP contribution < -0.4 is 4.90 Å². The van der Waals surface area contributed by atoms with Gasteiger partial charge in [-0.2, -0.15) is 0 Å². The van der Waals surface area contributed by atoms with E-state index in [1.54, 1.807) is 11.1 Å². The van der Waals surface area contributed by atoms with Crippen molar-refractivity contribution in [2.75, 3.05) is 4.90 Å². The molecule has 0 aliphatic heterocycles. The topological polar surface area (TPSA) is 16.4 Å². The van der Waals surface area contributed by atoms with Gasteiger partial charge in [-0.1, -0.05) is 136 Å². The van der Waals surface area contributed by atoms with Crippen LogP contribution in [0.5, 0.6) is 0 Å². The predicted molar refractivity (Wildman–Crippen MR) is 222 cm³/mol. The summed E-state index contributed by atoms with van der Waals surface area (Å²) in [7, 11) is 0. The summed E-state index contributed by atoms with van der Waals surface area (Å²) in [6.45, 7) is 4.82. The largest absolute Gasteiger partial charge is 0.456 e. The van der Waals surface area contributed by atoms with E-state index >= 15 is 0 Å². The highest BCUT2D eigenvalue weighted by molar-refractivity contribution is 6.06. The molecule has 3 atom stereocenters. The van der Waals surface area contributed by atoms with Crippen molar-refractivity contribution in [3.8, 4) is 33.4 Å². The quantitative estimate of drug-likeness (QED) is 0.166. The van der Waals surface area contributed by atoms with Gasteiger partial charge in [-0.25, -0.2) is 0 Å². The van der Waals surface area contributed by atoms with E-state index in [9.17, 15) is 0 Å². The molecule has 258 valence electrons. The first-order valence-corrected chi connectivity index (χ1v) is 19.3. The Hall–Kier alpha value is -5.86. The van der Waals surface area contributed by atoms with Gasteiger partial charge in [0.1, 0.15) is 11.2 Å². The maximum Gasteiger partial charge on any atom is 0.137 e. The number of hydrogen-bond acceptors (Lipinski definition) is 2. The van der Waals surface area contributed by atoms with Gasteiger partial charge < -0.3 is 9.32 Å². The lowest BCUT2D eigenvalue weighted by Crippen LogP contribution is -2.30. The average molecular weight is 686 g/mol. The minimum Gasteiger partial charge on any atom is -0.456 e. The van der Waals surface area contributed by atoms with E-state index in [1.807, 2.05) is 12.1 Å². The summed E-state index contributed by atoms with van der Waals surface area (Å²) in [5, 5.41) is 2.27. The number of nitrogens with zero attached hydrogens (tertiary/aromatic N) is 1. The van der Waals surface area contributed by atoms with E-state index in [2.05, 4.69) is 170 Å². The molecule has 8 aromatic rings. The van der Waals surface area contributed by atoms with E-state index in [1.165, 1.54) is 59.1 Å². The molecule has 0 bridgehead atoms. The minimum absolute atomic E-state index is 0.106. The van der Waals surface area contributed by atoms with Crippen molar-refractivity contribution in [3.05, 3.63) is 175 Å². The zero-order valence-electron chi connectivity index (χ0n) is 30.4. The zero-order valence-corrected chi connectivity index (χ0v) is 30.4. The predicted octanol–water partition coefficient (Wildman–Crippen LogP) is 14.5. The van der Waals surface area contributed by atoms with Crippen molar-refractivity contribution in [3.63, 3.8) is 0 Å². The lowest BCUT2D eigenvalue weighted by molar-refractivity contribution is 0.355. The molecule has 7 aromatic carbocycles. The van der Waals surface area contributed by atoms with Gasteiger partial charge in [0, 0.05) is 39.3 Å². The fourth-order valence-corrected chi connectivity index (χ4v) is 10.1. The summed E-state index contributed by atoms with van der Waals surface area (Å²) < 4.78 is 6.38. The number of rotatable bonds is 7. The van der Waals surface area contributed by atoms with E-state index in [0.29, 0.717) is 5.92 Å². The number of hydrogen-bond donors (Lipinski definition) is 0. The molecule has 1 spiro atoms. The molecule has 0 radical (unpaired) electrons. The van der Waals surface area contributed by atoms with E-state index < -0.39 is 0 Å². The molecule has 2 nitrogen and oxygen atoms in total.